The monoisotopic (exact) mass is 263 g/mol. The highest BCUT2D eigenvalue weighted by Crippen LogP contribution is 2.33. The van der Waals surface area contributed by atoms with Crippen LogP contribution in [0, 0.1) is 11.8 Å². The van der Waals surface area contributed by atoms with Gasteiger partial charge in [-0.3, -0.25) is 4.68 Å². The van der Waals surface area contributed by atoms with Crippen LogP contribution in [0.5, 0.6) is 0 Å². The minimum atomic E-state index is 0.294. The first-order chi connectivity index (χ1) is 9.19. The summed E-state index contributed by atoms with van der Waals surface area (Å²) in [6, 6.07) is 2.38. The highest BCUT2D eigenvalue weighted by atomic mass is 15.2. The molecule has 1 aliphatic carbocycles. The summed E-state index contributed by atoms with van der Waals surface area (Å²) in [5, 5.41) is 4.44. The molecular weight excluding hydrogens is 234 g/mol. The number of hydrogen-bond acceptors (Lipinski definition) is 2. The smallest absolute Gasteiger partial charge is 0.0640 e. The van der Waals surface area contributed by atoms with Gasteiger partial charge in [-0.25, -0.2) is 0 Å². The lowest BCUT2D eigenvalue weighted by Gasteiger charge is -2.32. The molecule has 108 valence electrons. The Bertz CT molecular complexity index is 364. The summed E-state index contributed by atoms with van der Waals surface area (Å²) >= 11 is 0. The third kappa shape index (κ3) is 4.34. The van der Waals surface area contributed by atoms with Crippen molar-refractivity contribution in [1.82, 2.24) is 9.78 Å². The van der Waals surface area contributed by atoms with Gasteiger partial charge >= 0.3 is 0 Å². The lowest BCUT2D eigenvalue weighted by atomic mass is 9.76. The van der Waals surface area contributed by atoms with Crippen molar-refractivity contribution >= 4 is 0 Å². The fourth-order valence-electron chi connectivity index (χ4n) is 3.38. The van der Waals surface area contributed by atoms with Crippen LogP contribution in [-0.4, -0.2) is 15.8 Å². The van der Waals surface area contributed by atoms with E-state index in [-0.39, 0.29) is 0 Å². The number of nitrogens with two attached hydrogens (primary N) is 1. The minimum Gasteiger partial charge on any atom is -0.327 e. The highest BCUT2D eigenvalue weighted by Gasteiger charge is 2.25. The van der Waals surface area contributed by atoms with E-state index in [0.717, 1.165) is 18.0 Å². The zero-order valence-electron chi connectivity index (χ0n) is 12.5. The predicted octanol–water partition coefficient (Wildman–Crippen LogP) is 3.29. The first-order valence-electron chi connectivity index (χ1n) is 7.93. The molecule has 1 heterocycles. The van der Waals surface area contributed by atoms with Crippen LogP contribution in [0.15, 0.2) is 12.3 Å². The van der Waals surface area contributed by atoms with Gasteiger partial charge in [0.25, 0.3) is 0 Å². The molecule has 2 rings (SSSR count). The van der Waals surface area contributed by atoms with E-state index in [2.05, 4.69) is 18.1 Å². The van der Waals surface area contributed by atoms with Crippen LogP contribution in [0.1, 0.15) is 57.6 Å². The van der Waals surface area contributed by atoms with Crippen molar-refractivity contribution in [1.29, 1.82) is 0 Å². The Morgan fingerprint density at radius 1 is 1.37 bits per heavy atom. The summed E-state index contributed by atoms with van der Waals surface area (Å²) in [6.45, 7) is 2.29. The van der Waals surface area contributed by atoms with Gasteiger partial charge in [-0.15, -0.1) is 0 Å². The van der Waals surface area contributed by atoms with E-state index >= 15 is 0 Å². The van der Waals surface area contributed by atoms with Crippen molar-refractivity contribution in [2.24, 2.45) is 24.6 Å². The van der Waals surface area contributed by atoms with E-state index in [9.17, 15) is 0 Å². The SMILES string of the molecule is CCCCC1CCC(C(N)Cc2ccn(C)n2)CC1. The van der Waals surface area contributed by atoms with Gasteiger partial charge in [0.2, 0.25) is 0 Å². The second kappa shape index (κ2) is 7.09. The molecule has 0 bridgehead atoms. The topological polar surface area (TPSA) is 43.8 Å². The number of rotatable bonds is 6. The van der Waals surface area contributed by atoms with E-state index in [1.54, 1.807) is 0 Å². The first kappa shape index (κ1) is 14.6. The Balaban J connectivity index is 1.74. The second-order valence-corrected chi connectivity index (χ2v) is 6.27. The molecule has 0 amide bonds. The molecule has 2 N–H and O–H groups in total. The van der Waals surface area contributed by atoms with Gasteiger partial charge in [-0.05, 0) is 30.7 Å². The summed E-state index contributed by atoms with van der Waals surface area (Å²) in [5.41, 5.74) is 7.53. The summed E-state index contributed by atoms with van der Waals surface area (Å²) in [4.78, 5) is 0. The van der Waals surface area contributed by atoms with Crippen molar-refractivity contribution in [2.45, 2.75) is 64.3 Å². The van der Waals surface area contributed by atoms with Crippen LogP contribution < -0.4 is 5.73 Å². The molecule has 1 atom stereocenters. The fraction of sp³-hybridized carbons (Fsp3) is 0.812. The molecule has 3 heteroatoms. The molecule has 3 nitrogen and oxygen atoms in total. The Hall–Kier alpha value is -0.830. The van der Waals surface area contributed by atoms with E-state index < -0.39 is 0 Å². The number of aromatic nitrogens is 2. The van der Waals surface area contributed by atoms with Gasteiger partial charge in [-0.2, -0.15) is 5.10 Å². The van der Waals surface area contributed by atoms with E-state index in [1.165, 1.54) is 44.9 Å². The lowest BCUT2D eigenvalue weighted by Crippen LogP contribution is -2.35. The Morgan fingerprint density at radius 3 is 2.68 bits per heavy atom. The molecule has 1 aromatic rings. The molecule has 1 aromatic heterocycles. The molecule has 19 heavy (non-hydrogen) atoms. The van der Waals surface area contributed by atoms with Crippen molar-refractivity contribution < 1.29 is 0 Å². The highest BCUT2D eigenvalue weighted by molar-refractivity contribution is 5.02. The molecule has 0 radical (unpaired) electrons. The fourth-order valence-corrected chi connectivity index (χ4v) is 3.38. The van der Waals surface area contributed by atoms with Crippen LogP contribution in [-0.2, 0) is 13.5 Å². The first-order valence-corrected chi connectivity index (χ1v) is 7.93. The maximum absolute atomic E-state index is 6.39. The number of unbranched alkanes of at least 4 members (excludes halogenated alkanes) is 1. The molecule has 1 saturated carbocycles. The van der Waals surface area contributed by atoms with Gasteiger partial charge in [0.1, 0.15) is 0 Å². The molecule has 0 aliphatic heterocycles. The van der Waals surface area contributed by atoms with Crippen LogP contribution in [0.2, 0.25) is 0 Å². The molecule has 0 aromatic carbocycles. The summed E-state index contributed by atoms with van der Waals surface area (Å²) in [5.74, 6) is 1.68. The van der Waals surface area contributed by atoms with Gasteiger partial charge in [0, 0.05) is 25.7 Å². The van der Waals surface area contributed by atoms with E-state index in [4.69, 9.17) is 5.73 Å². The zero-order chi connectivity index (χ0) is 13.7. The van der Waals surface area contributed by atoms with Gasteiger partial charge in [0.15, 0.2) is 0 Å². The third-order valence-electron chi connectivity index (χ3n) is 4.68. The summed E-state index contributed by atoms with van der Waals surface area (Å²) < 4.78 is 1.86. The molecule has 1 aliphatic rings. The number of nitrogens with zero attached hydrogens (tertiary/aromatic N) is 2. The van der Waals surface area contributed by atoms with Crippen molar-refractivity contribution in [3.05, 3.63) is 18.0 Å². The molecule has 0 spiro atoms. The molecule has 1 unspecified atom stereocenters. The van der Waals surface area contributed by atoms with E-state index in [1.807, 2.05) is 17.9 Å². The minimum absolute atomic E-state index is 0.294. The van der Waals surface area contributed by atoms with Crippen molar-refractivity contribution in [2.75, 3.05) is 0 Å². The van der Waals surface area contributed by atoms with Crippen LogP contribution >= 0.6 is 0 Å². The quantitative estimate of drug-likeness (QED) is 0.856. The standard InChI is InChI=1S/C16H29N3/c1-3-4-5-13-6-8-14(9-7-13)16(17)12-15-10-11-19(2)18-15/h10-11,13-14,16H,3-9,12,17H2,1-2H3. The lowest BCUT2D eigenvalue weighted by molar-refractivity contribution is 0.230. The summed E-state index contributed by atoms with van der Waals surface area (Å²) in [6.07, 6.45) is 12.5. The van der Waals surface area contributed by atoms with Crippen LogP contribution in [0.25, 0.3) is 0 Å². The third-order valence-corrected chi connectivity index (χ3v) is 4.68. The molecular formula is C16H29N3. The van der Waals surface area contributed by atoms with Crippen LogP contribution in [0.3, 0.4) is 0 Å². The normalized spacial score (nSPS) is 25.4. The summed E-state index contributed by atoms with van der Waals surface area (Å²) in [7, 11) is 1.97. The number of hydrogen-bond donors (Lipinski definition) is 1. The maximum Gasteiger partial charge on any atom is 0.0640 e. The van der Waals surface area contributed by atoms with Crippen molar-refractivity contribution in [3.8, 4) is 0 Å². The average molecular weight is 263 g/mol. The molecule has 0 saturated heterocycles. The van der Waals surface area contributed by atoms with Gasteiger partial charge in [-0.1, -0.05) is 39.0 Å². The largest absolute Gasteiger partial charge is 0.327 e. The van der Waals surface area contributed by atoms with Gasteiger partial charge in [0.05, 0.1) is 5.69 Å². The Kier molecular flexibility index (Phi) is 5.44. The second-order valence-electron chi connectivity index (χ2n) is 6.27. The Labute approximate surface area is 117 Å². The number of aryl methyl sites for hydroxylation is 1. The Morgan fingerprint density at radius 2 is 2.11 bits per heavy atom. The average Bonchev–Trinajstić information content (AvgIpc) is 2.82. The molecule has 1 fully saturated rings. The van der Waals surface area contributed by atoms with Crippen molar-refractivity contribution in [3.63, 3.8) is 0 Å². The van der Waals surface area contributed by atoms with E-state index in [0.29, 0.717) is 12.0 Å². The van der Waals surface area contributed by atoms with Crippen LogP contribution in [0.4, 0.5) is 0 Å². The van der Waals surface area contributed by atoms with Gasteiger partial charge < -0.3 is 5.73 Å². The maximum atomic E-state index is 6.39. The zero-order valence-corrected chi connectivity index (χ0v) is 12.5. The predicted molar refractivity (Wildman–Crippen MR) is 79.9 cm³/mol.